The monoisotopic (exact) mass is 369 g/mol. The number of carbonyl (C=O) groups is 1. The largest absolute Gasteiger partial charge is 0.462 e. The van der Waals surface area contributed by atoms with Gasteiger partial charge in [0.2, 0.25) is 0 Å². The van der Waals surface area contributed by atoms with Crippen LogP contribution in [0.3, 0.4) is 0 Å². The Morgan fingerprint density at radius 1 is 1.29 bits per heavy atom. The van der Waals surface area contributed by atoms with Crippen molar-refractivity contribution in [3.05, 3.63) is 40.8 Å². The van der Waals surface area contributed by atoms with Crippen molar-refractivity contribution in [3.8, 4) is 5.82 Å². The van der Waals surface area contributed by atoms with Crippen LogP contribution < -0.4 is 0 Å². The quantitative estimate of drug-likeness (QED) is 0.468. The first-order chi connectivity index (χ1) is 11.1. The van der Waals surface area contributed by atoms with E-state index in [4.69, 9.17) is 11.6 Å². The highest BCUT2D eigenvalue weighted by molar-refractivity contribution is 6.29. The Hall–Kier alpha value is -2.23. The van der Waals surface area contributed by atoms with Crippen LogP contribution in [-0.2, 0) is 10.7 Å². The van der Waals surface area contributed by atoms with Gasteiger partial charge in [-0.05, 0) is 19.1 Å². The number of alkyl halides is 5. The van der Waals surface area contributed by atoms with Crippen molar-refractivity contribution in [1.29, 1.82) is 0 Å². The molecule has 11 heteroatoms. The van der Waals surface area contributed by atoms with Gasteiger partial charge in [0.05, 0.1) is 12.8 Å². The lowest BCUT2D eigenvalue weighted by atomic mass is 10.1. The van der Waals surface area contributed by atoms with Crippen LogP contribution in [0.1, 0.15) is 23.0 Å². The summed E-state index contributed by atoms with van der Waals surface area (Å²) in [6.07, 6.45) is -5.39. The van der Waals surface area contributed by atoms with E-state index in [0.29, 0.717) is 6.20 Å². The fourth-order valence-corrected chi connectivity index (χ4v) is 1.99. The van der Waals surface area contributed by atoms with Crippen molar-refractivity contribution in [2.45, 2.75) is 19.0 Å². The Morgan fingerprint density at radius 3 is 2.50 bits per heavy atom. The number of halogens is 6. The van der Waals surface area contributed by atoms with Gasteiger partial charge in [0.15, 0.2) is 5.82 Å². The molecule has 0 N–H and O–H groups in total. The molecule has 0 aliphatic rings. The number of aromatic nitrogens is 3. The van der Waals surface area contributed by atoms with Gasteiger partial charge in [-0.25, -0.2) is 14.5 Å². The normalized spacial score (nSPS) is 12.3. The number of nitrogens with zero attached hydrogens (tertiary/aromatic N) is 3. The van der Waals surface area contributed by atoms with Crippen molar-refractivity contribution >= 4 is 17.6 Å². The van der Waals surface area contributed by atoms with Gasteiger partial charge in [0, 0.05) is 0 Å². The summed E-state index contributed by atoms with van der Waals surface area (Å²) < 4.78 is 71.1. The molecule has 0 aliphatic heterocycles. The number of esters is 1. The highest BCUT2D eigenvalue weighted by Crippen LogP contribution is 2.45. The Balaban J connectivity index is 2.72. The van der Waals surface area contributed by atoms with E-state index >= 15 is 0 Å². The smallest absolute Gasteiger partial charge is 0.459 e. The predicted octanol–water partition coefficient (Wildman–Crippen LogP) is 3.75. The summed E-state index contributed by atoms with van der Waals surface area (Å²) in [4.78, 5) is 15.4. The van der Waals surface area contributed by atoms with E-state index in [9.17, 15) is 26.7 Å². The van der Waals surface area contributed by atoms with E-state index in [1.165, 1.54) is 19.1 Å². The van der Waals surface area contributed by atoms with Gasteiger partial charge >= 0.3 is 18.1 Å². The van der Waals surface area contributed by atoms with Crippen molar-refractivity contribution in [1.82, 2.24) is 14.8 Å². The summed E-state index contributed by atoms with van der Waals surface area (Å²) in [6, 6.07) is 3.69. The molecule has 2 rings (SSSR count). The van der Waals surface area contributed by atoms with Crippen LogP contribution in [0.4, 0.5) is 22.0 Å². The minimum absolute atomic E-state index is 0.151. The van der Waals surface area contributed by atoms with E-state index in [-0.39, 0.29) is 16.4 Å². The maximum Gasteiger partial charge on any atom is 0.459 e. The minimum atomic E-state index is -5.95. The topological polar surface area (TPSA) is 57.0 Å². The molecule has 0 bridgehead atoms. The van der Waals surface area contributed by atoms with Gasteiger partial charge in [-0.1, -0.05) is 17.7 Å². The fraction of sp³-hybridized carbons (Fsp3) is 0.308. The van der Waals surface area contributed by atoms with Crippen LogP contribution in [0.2, 0.25) is 5.15 Å². The first-order valence-electron chi connectivity index (χ1n) is 6.42. The summed E-state index contributed by atoms with van der Waals surface area (Å²) in [5.74, 6) is -7.13. The molecule has 2 aromatic heterocycles. The molecule has 0 saturated carbocycles. The van der Waals surface area contributed by atoms with Gasteiger partial charge in [-0.3, -0.25) is 0 Å². The summed E-state index contributed by atoms with van der Waals surface area (Å²) in [7, 11) is 0. The molecular weight excluding hydrogens is 361 g/mol. The van der Waals surface area contributed by atoms with E-state index in [1.807, 2.05) is 0 Å². The zero-order valence-electron chi connectivity index (χ0n) is 11.9. The highest BCUT2D eigenvalue weighted by Gasteiger charge is 2.62. The Morgan fingerprint density at radius 2 is 1.96 bits per heavy atom. The zero-order valence-corrected chi connectivity index (χ0v) is 12.7. The molecule has 0 atom stereocenters. The first-order valence-corrected chi connectivity index (χ1v) is 6.80. The van der Waals surface area contributed by atoms with Gasteiger partial charge in [-0.15, -0.1) is 0 Å². The molecule has 0 unspecified atom stereocenters. The number of hydrogen-bond donors (Lipinski definition) is 0. The number of hydrogen-bond acceptors (Lipinski definition) is 4. The van der Waals surface area contributed by atoms with Crippen molar-refractivity contribution in [3.63, 3.8) is 0 Å². The molecule has 0 spiro atoms. The molecule has 2 aromatic rings. The fourth-order valence-electron chi connectivity index (χ4n) is 1.83. The molecule has 2 heterocycles. The van der Waals surface area contributed by atoms with Crippen molar-refractivity contribution in [2.24, 2.45) is 0 Å². The lowest BCUT2D eigenvalue weighted by Crippen LogP contribution is -2.37. The van der Waals surface area contributed by atoms with Gasteiger partial charge in [0.1, 0.15) is 16.4 Å². The molecule has 5 nitrogen and oxygen atoms in total. The summed E-state index contributed by atoms with van der Waals surface area (Å²) in [6.45, 7) is 1.17. The third-order valence-electron chi connectivity index (χ3n) is 2.84. The standard InChI is InChI=1S/C13H9ClF5N3O2/c1-2-24-11(23)7-6-20-22(9-5-3-4-8(14)21-9)10(7)12(15,16)13(17,18)19/h3-6H,2H2,1H3. The number of rotatable bonds is 4. The Kier molecular flexibility index (Phi) is 4.79. The van der Waals surface area contributed by atoms with E-state index < -0.39 is 35.1 Å². The molecule has 0 aliphatic carbocycles. The van der Waals surface area contributed by atoms with Crippen LogP contribution in [-0.4, -0.2) is 33.5 Å². The Bertz CT molecular complexity index is 760. The zero-order chi connectivity index (χ0) is 18.1. The minimum Gasteiger partial charge on any atom is -0.462 e. The third kappa shape index (κ3) is 3.18. The lowest BCUT2D eigenvalue weighted by molar-refractivity contribution is -0.291. The third-order valence-corrected chi connectivity index (χ3v) is 3.05. The number of pyridine rings is 1. The van der Waals surface area contributed by atoms with E-state index in [0.717, 1.165) is 6.07 Å². The molecule has 24 heavy (non-hydrogen) atoms. The number of carbonyl (C=O) groups excluding carboxylic acids is 1. The van der Waals surface area contributed by atoms with E-state index in [2.05, 4.69) is 14.8 Å². The van der Waals surface area contributed by atoms with Gasteiger partial charge < -0.3 is 4.74 Å². The first kappa shape index (κ1) is 18.1. The molecule has 0 radical (unpaired) electrons. The molecule has 0 aromatic carbocycles. The van der Waals surface area contributed by atoms with Crippen LogP contribution in [0.5, 0.6) is 0 Å². The van der Waals surface area contributed by atoms with Gasteiger partial charge in [0.25, 0.3) is 0 Å². The maximum absolute atomic E-state index is 13.9. The summed E-state index contributed by atoms with van der Waals surface area (Å²) >= 11 is 5.62. The Labute approximate surface area is 137 Å². The van der Waals surface area contributed by atoms with Crippen LogP contribution in [0.15, 0.2) is 24.4 Å². The summed E-state index contributed by atoms with van der Waals surface area (Å²) in [5.41, 5.74) is -2.70. The van der Waals surface area contributed by atoms with Crippen LogP contribution in [0, 0.1) is 0 Å². The maximum atomic E-state index is 13.9. The second kappa shape index (κ2) is 6.34. The summed E-state index contributed by atoms with van der Waals surface area (Å²) in [5, 5.41) is 3.27. The predicted molar refractivity (Wildman–Crippen MR) is 72.3 cm³/mol. The molecule has 0 fully saturated rings. The molecule has 130 valence electrons. The molecule has 0 amide bonds. The van der Waals surface area contributed by atoms with Crippen molar-refractivity contribution < 1.29 is 31.5 Å². The second-order valence-corrected chi connectivity index (χ2v) is 4.82. The molecule has 0 saturated heterocycles. The SMILES string of the molecule is CCOC(=O)c1cnn(-c2cccc(Cl)n2)c1C(F)(F)C(F)(F)F. The van der Waals surface area contributed by atoms with Crippen LogP contribution in [0.25, 0.3) is 5.82 Å². The van der Waals surface area contributed by atoms with Crippen molar-refractivity contribution in [2.75, 3.05) is 6.61 Å². The van der Waals surface area contributed by atoms with Crippen LogP contribution >= 0.6 is 11.6 Å². The highest BCUT2D eigenvalue weighted by atomic mass is 35.5. The average molecular weight is 370 g/mol. The number of ether oxygens (including phenoxy) is 1. The van der Waals surface area contributed by atoms with E-state index in [1.54, 1.807) is 0 Å². The second-order valence-electron chi connectivity index (χ2n) is 4.43. The average Bonchev–Trinajstić information content (AvgIpc) is 2.91. The lowest BCUT2D eigenvalue weighted by Gasteiger charge is -2.21. The van der Waals surface area contributed by atoms with Gasteiger partial charge in [-0.2, -0.15) is 27.1 Å². The molecular formula is C13H9ClF5N3O2.